The van der Waals surface area contributed by atoms with E-state index in [1.807, 2.05) is 0 Å². The van der Waals surface area contributed by atoms with E-state index in [-0.39, 0.29) is 0 Å². The molecule has 1 aromatic heterocycles. The Morgan fingerprint density at radius 1 is 1.35 bits per heavy atom. The number of hydrogen-bond donors (Lipinski definition) is 1. The lowest BCUT2D eigenvalue weighted by molar-refractivity contribution is 0.246. The zero-order chi connectivity index (χ0) is 12.7. The Labute approximate surface area is 109 Å². The second kappa shape index (κ2) is 7.61. The molecular formula is C12H24N4S. The standard InChI is InChI=1S/C12H24N4S/c1-5-7-13-12-11(14-15-17-12)9-16(6-2)8-10(3)4/h10,13H,5-9H2,1-4H3. The van der Waals surface area contributed by atoms with Crippen LogP contribution in [0.2, 0.25) is 0 Å². The van der Waals surface area contributed by atoms with E-state index in [1.165, 1.54) is 11.5 Å². The monoisotopic (exact) mass is 256 g/mol. The Balaban J connectivity index is 2.56. The highest BCUT2D eigenvalue weighted by Gasteiger charge is 2.12. The third kappa shape index (κ3) is 5.00. The summed E-state index contributed by atoms with van der Waals surface area (Å²) in [6.45, 7) is 12.9. The van der Waals surface area contributed by atoms with Crippen molar-refractivity contribution >= 4 is 16.5 Å². The molecular weight excluding hydrogens is 232 g/mol. The molecule has 0 aromatic carbocycles. The minimum absolute atomic E-state index is 0.689. The van der Waals surface area contributed by atoms with Crippen LogP contribution in [0.5, 0.6) is 0 Å². The molecule has 0 amide bonds. The summed E-state index contributed by atoms with van der Waals surface area (Å²) in [4.78, 5) is 2.42. The van der Waals surface area contributed by atoms with Gasteiger partial charge in [-0.3, -0.25) is 4.90 Å². The zero-order valence-electron chi connectivity index (χ0n) is 11.4. The molecule has 0 aliphatic heterocycles. The maximum Gasteiger partial charge on any atom is 0.134 e. The van der Waals surface area contributed by atoms with Gasteiger partial charge in [-0.2, -0.15) is 0 Å². The van der Waals surface area contributed by atoms with Gasteiger partial charge in [-0.05, 0) is 18.9 Å². The molecule has 0 spiro atoms. The van der Waals surface area contributed by atoms with Crippen LogP contribution in [0.15, 0.2) is 0 Å². The van der Waals surface area contributed by atoms with E-state index in [2.05, 4.69) is 47.5 Å². The summed E-state index contributed by atoms with van der Waals surface area (Å²) >= 11 is 1.46. The number of hydrogen-bond acceptors (Lipinski definition) is 5. The number of rotatable bonds is 8. The molecule has 0 atom stereocenters. The molecule has 1 aromatic rings. The summed E-state index contributed by atoms with van der Waals surface area (Å²) in [5.41, 5.74) is 1.09. The first-order valence-corrected chi connectivity index (χ1v) is 7.22. The lowest BCUT2D eigenvalue weighted by Crippen LogP contribution is -2.27. The minimum Gasteiger partial charge on any atom is -0.374 e. The summed E-state index contributed by atoms with van der Waals surface area (Å²) in [6, 6.07) is 0. The van der Waals surface area contributed by atoms with Crippen molar-refractivity contribution in [2.24, 2.45) is 5.92 Å². The van der Waals surface area contributed by atoms with Crippen LogP contribution in [-0.4, -0.2) is 34.1 Å². The highest BCUT2D eigenvalue weighted by molar-refractivity contribution is 7.10. The first-order valence-electron chi connectivity index (χ1n) is 6.44. The van der Waals surface area contributed by atoms with Crippen LogP contribution >= 0.6 is 11.5 Å². The van der Waals surface area contributed by atoms with E-state index in [9.17, 15) is 0 Å². The molecule has 17 heavy (non-hydrogen) atoms. The van der Waals surface area contributed by atoms with Crippen molar-refractivity contribution in [2.45, 2.75) is 40.7 Å². The van der Waals surface area contributed by atoms with Gasteiger partial charge < -0.3 is 5.32 Å². The molecule has 0 radical (unpaired) electrons. The molecule has 4 nitrogen and oxygen atoms in total. The van der Waals surface area contributed by atoms with Gasteiger partial charge in [0.05, 0.1) is 0 Å². The predicted molar refractivity (Wildman–Crippen MR) is 74.5 cm³/mol. The van der Waals surface area contributed by atoms with E-state index in [0.29, 0.717) is 5.92 Å². The fourth-order valence-corrected chi connectivity index (χ4v) is 2.32. The first-order chi connectivity index (χ1) is 8.17. The molecule has 0 saturated heterocycles. The molecule has 1 N–H and O–H groups in total. The van der Waals surface area contributed by atoms with Gasteiger partial charge in [0, 0.05) is 31.2 Å². The van der Waals surface area contributed by atoms with Crippen LogP contribution in [-0.2, 0) is 6.54 Å². The van der Waals surface area contributed by atoms with E-state index < -0.39 is 0 Å². The largest absolute Gasteiger partial charge is 0.374 e. The van der Waals surface area contributed by atoms with Crippen LogP contribution in [0.1, 0.15) is 39.8 Å². The molecule has 0 aliphatic rings. The average molecular weight is 256 g/mol. The normalized spacial score (nSPS) is 11.4. The molecule has 1 rings (SSSR count). The van der Waals surface area contributed by atoms with Crippen LogP contribution < -0.4 is 5.32 Å². The molecule has 1 heterocycles. The number of nitrogens with zero attached hydrogens (tertiary/aromatic N) is 3. The Morgan fingerprint density at radius 2 is 2.12 bits per heavy atom. The lowest BCUT2D eigenvalue weighted by Gasteiger charge is -2.21. The third-order valence-electron chi connectivity index (χ3n) is 2.54. The van der Waals surface area contributed by atoms with Gasteiger partial charge in [0.2, 0.25) is 0 Å². The second-order valence-electron chi connectivity index (χ2n) is 4.70. The molecule has 0 fully saturated rings. The van der Waals surface area contributed by atoms with Crippen LogP contribution in [0.3, 0.4) is 0 Å². The van der Waals surface area contributed by atoms with Crippen LogP contribution in [0, 0.1) is 5.92 Å². The van der Waals surface area contributed by atoms with Crippen molar-refractivity contribution in [3.05, 3.63) is 5.69 Å². The fraction of sp³-hybridized carbons (Fsp3) is 0.833. The van der Waals surface area contributed by atoms with Gasteiger partial charge in [0.25, 0.3) is 0 Å². The van der Waals surface area contributed by atoms with Crippen molar-refractivity contribution in [1.29, 1.82) is 0 Å². The van der Waals surface area contributed by atoms with Crippen molar-refractivity contribution in [1.82, 2.24) is 14.5 Å². The Bertz CT molecular complexity index is 311. The first kappa shape index (κ1) is 14.4. The van der Waals surface area contributed by atoms with Gasteiger partial charge in [0.15, 0.2) is 0 Å². The number of aromatic nitrogens is 2. The highest BCUT2D eigenvalue weighted by Crippen LogP contribution is 2.19. The molecule has 98 valence electrons. The third-order valence-corrected chi connectivity index (χ3v) is 3.26. The summed E-state index contributed by atoms with van der Waals surface area (Å²) < 4.78 is 4.04. The second-order valence-corrected chi connectivity index (χ2v) is 5.45. The molecule has 0 unspecified atom stereocenters. The Kier molecular flexibility index (Phi) is 6.44. The Hall–Kier alpha value is -0.680. The van der Waals surface area contributed by atoms with Crippen LogP contribution in [0.4, 0.5) is 5.00 Å². The lowest BCUT2D eigenvalue weighted by atomic mass is 10.2. The van der Waals surface area contributed by atoms with Crippen LogP contribution in [0.25, 0.3) is 0 Å². The van der Waals surface area contributed by atoms with Crippen molar-refractivity contribution < 1.29 is 0 Å². The molecule has 0 saturated carbocycles. The summed E-state index contributed by atoms with van der Waals surface area (Å²) in [6.07, 6.45) is 1.13. The summed E-state index contributed by atoms with van der Waals surface area (Å²) in [5, 5.41) is 8.75. The maximum atomic E-state index is 4.23. The minimum atomic E-state index is 0.689. The van der Waals surface area contributed by atoms with E-state index in [1.54, 1.807) is 0 Å². The average Bonchev–Trinajstić information content (AvgIpc) is 2.72. The van der Waals surface area contributed by atoms with Gasteiger partial charge in [-0.1, -0.05) is 32.2 Å². The fourth-order valence-electron chi connectivity index (χ4n) is 1.72. The smallest absolute Gasteiger partial charge is 0.134 e. The predicted octanol–water partition coefficient (Wildman–Crippen LogP) is 2.84. The molecule has 5 heteroatoms. The van der Waals surface area contributed by atoms with Gasteiger partial charge in [-0.25, -0.2) is 0 Å². The highest BCUT2D eigenvalue weighted by atomic mass is 32.1. The van der Waals surface area contributed by atoms with E-state index in [4.69, 9.17) is 0 Å². The SMILES string of the molecule is CCCNc1snnc1CN(CC)CC(C)C. The Morgan fingerprint density at radius 3 is 2.71 bits per heavy atom. The summed E-state index contributed by atoms with van der Waals surface area (Å²) in [5.74, 6) is 0.689. The maximum absolute atomic E-state index is 4.23. The summed E-state index contributed by atoms with van der Waals surface area (Å²) in [7, 11) is 0. The van der Waals surface area contributed by atoms with Crippen molar-refractivity contribution in [2.75, 3.05) is 25.0 Å². The van der Waals surface area contributed by atoms with Gasteiger partial charge >= 0.3 is 0 Å². The van der Waals surface area contributed by atoms with Gasteiger partial charge in [0.1, 0.15) is 10.7 Å². The number of anilines is 1. The van der Waals surface area contributed by atoms with Crippen molar-refractivity contribution in [3.63, 3.8) is 0 Å². The van der Waals surface area contributed by atoms with E-state index >= 15 is 0 Å². The zero-order valence-corrected chi connectivity index (χ0v) is 12.2. The van der Waals surface area contributed by atoms with Crippen molar-refractivity contribution in [3.8, 4) is 0 Å². The molecule has 0 bridgehead atoms. The van der Waals surface area contributed by atoms with Gasteiger partial charge in [-0.15, -0.1) is 5.10 Å². The number of nitrogens with one attached hydrogen (secondary N) is 1. The van der Waals surface area contributed by atoms with E-state index in [0.717, 1.165) is 43.3 Å². The quantitative estimate of drug-likeness (QED) is 0.776. The molecule has 0 aliphatic carbocycles. The topological polar surface area (TPSA) is 41.1 Å².